The largest absolute Gasteiger partial charge is 0.480 e. The van der Waals surface area contributed by atoms with Crippen LogP contribution in [0.2, 0.25) is 0 Å². The predicted molar refractivity (Wildman–Crippen MR) is 101 cm³/mol. The summed E-state index contributed by atoms with van der Waals surface area (Å²) >= 11 is 0. The number of carboxylic acids is 2. The molecule has 0 saturated heterocycles. The van der Waals surface area contributed by atoms with Gasteiger partial charge < -0.3 is 10.2 Å². The molecule has 8 heteroatoms. The normalized spacial score (nSPS) is 17.7. The third-order valence-electron chi connectivity index (χ3n) is 5.18. The average Bonchev–Trinajstić information content (AvgIpc) is 2.94. The topological polar surface area (TPSA) is 114 Å². The Kier molecular flexibility index (Phi) is 7.65. The second-order valence-electron chi connectivity index (χ2n) is 7.97. The van der Waals surface area contributed by atoms with Crippen LogP contribution in [0.4, 0.5) is 0 Å². The van der Waals surface area contributed by atoms with Gasteiger partial charge >= 0.3 is 17.6 Å². The molecule has 1 aliphatic rings. The van der Waals surface area contributed by atoms with Crippen molar-refractivity contribution in [3.05, 3.63) is 22.9 Å². The molecular weight excluding hydrogens is 350 g/mol. The number of hydrogen-bond donors (Lipinski definition) is 3. The molecule has 1 aromatic rings. The molecule has 8 nitrogen and oxygen atoms in total. The first-order chi connectivity index (χ1) is 12.8. The Balaban J connectivity index is 2.06. The van der Waals surface area contributed by atoms with E-state index in [1.54, 1.807) is 17.0 Å². The quantitative estimate of drug-likeness (QED) is 0.569. The minimum absolute atomic E-state index is 0.103. The van der Waals surface area contributed by atoms with Gasteiger partial charge in [-0.1, -0.05) is 33.1 Å². The van der Waals surface area contributed by atoms with Gasteiger partial charge in [-0.05, 0) is 31.1 Å². The zero-order valence-electron chi connectivity index (χ0n) is 16.1. The van der Waals surface area contributed by atoms with Crippen LogP contribution in [0.25, 0.3) is 0 Å². The van der Waals surface area contributed by atoms with Crippen molar-refractivity contribution in [3.63, 3.8) is 0 Å². The lowest BCUT2D eigenvalue weighted by atomic mass is 9.89. The van der Waals surface area contributed by atoms with E-state index in [0.717, 1.165) is 12.8 Å². The maximum absolute atomic E-state index is 12.6. The molecule has 2 rings (SSSR count). The molecule has 1 aliphatic carbocycles. The van der Waals surface area contributed by atoms with Crippen LogP contribution >= 0.6 is 0 Å². The van der Waals surface area contributed by atoms with E-state index in [9.17, 15) is 24.6 Å². The summed E-state index contributed by atoms with van der Waals surface area (Å²) in [6.45, 7) is 4.31. The van der Waals surface area contributed by atoms with E-state index in [1.165, 1.54) is 23.8 Å². The smallest absolute Gasteiger partial charge is 0.328 e. The molecule has 1 heterocycles. The molecule has 2 atom stereocenters. The molecule has 1 aromatic heterocycles. The van der Waals surface area contributed by atoms with Gasteiger partial charge in [-0.3, -0.25) is 24.0 Å². The van der Waals surface area contributed by atoms with Crippen LogP contribution < -0.4 is 11.0 Å². The summed E-state index contributed by atoms with van der Waals surface area (Å²) in [6.07, 6.45) is 9.46. The molecule has 0 aliphatic heterocycles. The van der Waals surface area contributed by atoms with Gasteiger partial charge in [0.25, 0.3) is 0 Å². The second kappa shape index (κ2) is 9.73. The van der Waals surface area contributed by atoms with Gasteiger partial charge in [0.15, 0.2) is 0 Å². The molecular formula is C19H31N3O5. The van der Waals surface area contributed by atoms with Crippen molar-refractivity contribution < 1.29 is 19.8 Å². The number of carbonyl (C=O) groups is 2. The first kappa shape index (κ1) is 21.2. The van der Waals surface area contributed by atoms with Crippen molar-refractivity contribution >= 4 is 11.9 Å². The fourth-order valence-electron chi connectivity index (χ4n) is 3.73. The number of aromatic nitrogens is 2. The average molecular weight is 381 g/mol. The fourth-order valence-corrected chi connectivity index (χ4v) is 3.73. The molecule has 0 aromatic carbocycles. The van der Waals surface area contributed by atoms with Crippen LogP contribution in [0, 0.1) is 11.8 Å². The van der Waals surface area contributed by atoms with Crippen molar-refractivity contribution in [1.29, 1.82) is 0 Å². The molecule has 3 N–H and O–H groups in total. The molecule has 1 unspecified atom stereocenters. The Labute approximate surface area is 159 Å². The Morgan fingerprint density at radius 1 is 1.07 bits per heavy atom. The lowest BCUT2D eigenvalue weighted by Crippen LogP contribution is -2.50. The van der Waals surface area contributed by atoms with Crippen molar-refractivity contribution in [2.24, 2.45) is 11.8 Å². The number of hydrogen-bond acceptors (Lipinski definition) is 4. The van der Waals surface area contributed by atoms with Crippen LogP contribution in [-0.2, 0) is 22.7 Å². The van der Waals surface area contributed by atoms with Crippen LogP contribution in [0.15, 0.2) is 17.2 Å². The summed E-state index contributed by atoms with van der Waals surface area (Å²) in [6, 6.07) is -2.11. The highest BCUT2D eigenvalue weighted by Crippen LogP contribution is 2.24. The summed E-state index contributed by atoms with van der Waals surface area (Å²) in [5.74, 6) is -1.66. The van der Waals surface area contributed by atoms with Crippen LogP contribution in [0.5, 0.6) is 0 Å². The van der Waals surface area contributed by atoms with E-state index in [4.69, 9.17) is 0 Å². The molecule has 27 heavy (non-hydrogen) atoms. The monoisotopic (exact) mass is 381 g/mol. The zero-order chi connectivity index (χ0) is 20.0. The maximum Gasteiger partial charge on any atom is 0.328 e. The van der Waals surface area contributed by atoms with Gasteiger partial charge in [0.1, 0.15) is 12.1 Å². The summed E-state index contributed by atoms with van der Waals surface area (Å²) in [5, 5.41) is 21.5. The summed E-state index contributed by atoms with van der Waals surface area (Å²) < 4.78 is 2.99. The van der Waals surface area contributed by atoms with Gasteiger partial charge in [0.05, 0.1) is 6.54 Å². The highest BCUT2D eigenvalue weighted by atomic mass is 16.4. The van der Waals surface area contributed by atoms with Gasteiger partial charge in [0.2, 0.25) is 0 Å². The summed E-state index contributed by atoms with van der Waals surface area (Å²) in [7, 11) is 0. The first-order valence-corrected chi connectivity index (χ1v) is 9.75. The number of imidazole rings is 1. The number of aliphatic carboxylic acids is 2. The minimum atomic E-state index is -1.17. The molecule has 152 valence electrons. The van der Waals surface area contributed by atoms with Crippen molar-refractivity contribution in [3.8, 4) is 0 Å². The zero-order valence-corrected chi connectivity index (χ0v) is 16.1. The third-order valence-corrected chi connectivity index (χ3v) is 5.18. The van der Waals surface area contributed by atoms with Crippen molar-refractivity contribution in [2.45, 2.75) is 77.5 Å². The standard InChI is InChI=1S/C19H31N3O5/c1-13(2)10-15(17(23)24)20-16(18(25)26)12-22-9-8-21(19(22)27)11-14-6-4-3-5-7-14/h8-9,13-16,20H,3-7,10-12H2,1-2H3,(H,23,24)(H,25,26)/t15-,16?/m0/s1. The highest BCUT2D eigenvalue weighted by molar-refractivity contribution is 5.77. The second-order valence-corrected chi connectivity index (χ2v) is 7.97. The van der Waals surface area contributed by atoms with Gasteiger partial charge in [-0.2, -0.15) is 0 Å². The van der Waals surface area contributed by atoms with E-state index in [2.05, 4.69) is 5.32 Å². The molecule has 0 amide bonds. The highest BCUT2D eigenvalue weighted by Gasteiger charge is 2.27. The minimum Gasteiger partial charge on any atom is -0.480 e. The molecule has 1 saturated carbocycles. The van der Waals surface area contributed by atoms with Crippen LogP contribution in [0.1, 0.15) is 52.4 Å². The van der Waals surface area contributed by atoms with E-state index in [1.807, 2.05) is 13.8 Å². The van der Waals surface area contributed by atoms with E-state index in [0.29, 0.717) is 18.9 Å². The third kappa shape index (κ3) is 6.23. The van der Waals surface area contributed by atoms with Gasteiger partial charge in [-0.15, -0.1) is 0 Å². The SMILES string of the molecule is CC(C)C[C@H](NC(Cn1ccn(CC2CCCCC2)c1=O)C(=O)O)C(=O)O. The molecule has 1 fully saturated rings. The summed E-state index contributed by atoms with van der Waals surface area (Å²) in [5.41, 5.74) is -0.246. The lowest BCUT2D eigenvalue weighted by molar-refractivity contribution is -0.143. The number of nitrogens with zero attached hydrogens (tertiary/aromatic N) is 2. The van der Waals surface area contributed by atoms with E-state index in [-0.39, 0.29) is 18.2 Å². The molecule has 0 spiro atoms. The van der Waals surface area contributed by atoms with Crippen molar-refractivity contribution in [2.75, 3.05) is 0 Å². The summed E-state index contributed by atoms with van der Waals surface area (Å²) in [4.78, 5) is 35.6. The van der Waals surface area contributed by atoms with Crippen LogP contribution in [0.3, 0.4) is 0 Å². The number of nitrogens with one attached hydrogen (secondary N) is 1. The predicted octanol–water partition coefficient (Wildman–Crippen LogP) is 1.77. The van der Waals surface area contributed by atoms with E-state index >= 15 is 0 Å². The first-order valence-electron chi connectivity index (χ1n) is 9.75. The molecule has 0 radical (unpaired) electrons. The fraction of sp³-hybridized carbons (Fsp3) is 0.737. The number of carboxylic acid groups (broad SMARTS) is 2. The van der Waals surface area contributed by atoms with E-state index < -0.39 is 24.0 Å². The Bertz CT molecular complexity index is 688. The number of rotatable bonds is 10. The Morgan fingerprint density at radius 3 is 2.22 bits per heavy atom. The maximum atomic E-state index is 12.6. The Morgan fingerprint density at radius 2 is 1.67 bits per heavy atom. The lowest BCUT2D eigenvalue weighted by Gasteiger charge is -2.22. The van der Waals surface area contributed by atoms with Gasteiger partial charge in [0, 0.05) is 18.9 Å². The van der Waals surface area contributed by atoms with Crippen molar-refractivity contribution in [1.82, 2.24) is 14.5 Å². The Hall–Kier alpha value is -2.09. The molecule has 0 bridgehead atoms. The van der Waals surface area contributed by atoms with Crippen LogP contribution in [-0.4, -0.2) is 43.4 Å². The van der Waals surface area contributed by atoms with Gasteiger partial charge in [-0.25, -0.2) is 4.79 Å².